The number of carboxylic acids is 1. The van der Waals surface area contributed by atoms with Crippen molar-refractivity contribution < 1.29 is 18.3 Å². The largest absolute Gasteiger partial charge is 0.480 e. The summed E-state index contributed by atoms with van der Waals surface area (Å²) in [7, 11) is -2.19. The van der Waals surface area contributed by atoms with E-state index in [-0.39, 0.29) is 6.04 Å². The van der Waals surface area contributed by atoms with Gasteiger partial charge in [0.15, 0.2) is 0 Å². The number of nitrogens with one attached hydrogen (secondary N) is 1. The van der Waals surface area contributed by atoms with E-state index in [1.807, 2.05) is 6.92 Å². The van der Waals surface area contributed by atoms with E-state index >= 15 is 0 Å². The van der Waals surface area contributed by atoms with Gasteiger partial charge >= 0.3 is 5.97 Å². The normalized spacial score (nSPS) is 19.1. The standard InChI is InChI=1S/C13H26N2O4S/c1-3-4-10-12(13(16)17)14-20(18,19)15(2)11-8-6-5-7-9-11/h11-12,14H,3-10H2,1-2H3,(H,16,17)/t12-/m0/s1. The van der Waals surface area contributed by atoms with Gasteiger partial charge in [0, 0.05) is 13.1 Å². The second-order valence-electron chi connectivity index (χ2n) is 5.46. The Morgan fingerprint density at radius 1 is 1.35 bits per heavy atom. The second-order valence-corrected chi connectivity index (χ2v) is 7.23. The van der Waals surface area contributed by atoms with Crippen LogP contribution in [0.4, 0.5) is 0 Å². The van der Waals surface area contributed by atoms with E-state index in [1.54, 1.807) is 0 Å². The average Bonchev–Trinajstić information content (AvgIpc) is 2.43. The summed E-state index contributed by atoms with van der Waals surface area (Å²) in [5.41, 5.74) is 0. The van der Waals surface area contributed by atoms with Crippen LogP contribution in [-0.4, -0.2) is 42.9 Å². The highest BCUT2D eigenvalue weighted by Gasteiger charge is 2.31. The maximum absolute atomic E-state index is 12.3. The van der Waals surface area contributed by atoms with Crippen molar-refractivity contribution in [3.63, 3.8) is 0 Å². The van der Waals surface area contributed by atoms with Crippen LogP contribution in [0.3, 0.4) is 0 Å². The molecular formula is C13H26N2O4S. The van der Waals surface area contributed by atoms with Crippen LogP contribution < -0.4 is 4.72 Å². The zero-order chi connectivity index (χ0) is 15.2. The van der Waals surface area contributed by atoms with Crippen molar-refractivity contribution in [1.29, 1.82) is 0 Å². The third-order valence-electron chi connectivity index (χ3n) is 3.90. The first-order valence-electron chi connectivity index (χ1n) is 7.36. The smallest absolute Gasteiger partial charge is 0.321 e. The van der Waals surface area contributed by atoms with Crippen LogP contribution in [0, 0.1) is 0 Å². The third-order valence-corrected chi connectivity index (χ3v) is 5.54. The van der Waals surface area contributed by atoms with Gasteiger partial charge in [-0.1, -0.05) is 39.0 Å². The molecule has 1 saturated carbocycles. The summed E-state index contributed by atoms with van der Waals surface area (Å²) in [6, 6.07) is -1.05. The molecule has 0 aliphatic heterocycles. The zero-order valence-corrected chi connectivity index (χ0v) is 13.2. The summed E-state index contributed by atoms with van der Waals surface area (Å²) in [6.45, 7) is 1.95. The lowest BCUT2D eigenvalue weighted by molar-refractivity contribution is -0.139. The van der Waals surface area contributed by atoms with Crippen molar-refractivity contribution >= 4 is 16.2 Å². The average molecular weight is 306 g/mol. The van der Waals surface area contributed by atoms with Gasteiger partial charge in [0.05, 0.1) is 0 Å². The van der Waals surface area contributed by atoms with Crippen molar-refractivity contribution in [3.8, 4) is 0 Å². The zero-order valence-electron chi connectivity index (χ0n) is 12.3. The molecule has 0 amide bonds. The quantitative estimate of drug-likeness (QED) is 0.715. The molecule has 0 aromatic heterocycles. The number of rotatable bonds is 8. The van der Waals surface area contributed by atoms with E-state index < -0.39 is 22.2 Å². The lowest BCUT2D eigenvalue weighted by Gasteiger charge is -2.31. The molecule has 20 heavy (non-hydrogen) atoms. The maximum atomic E-state index is 12.3. The summed E-state index contributed by atoms with van der Waals surface area (Å²) in [4.78, 5) is 11.1. The Morgan fingerprint density at radius 3 is 2.45 bits per heavy atom. The second kappa shape index (κ2) is 7.95. The number of nitrogens with zero attached hydrogens (tertiary/aromatic N) is 1. The Bertz CT molecular complexity index is 405. The lowest BCUT2D eigenvalue weighted by Crippen LogP contribution is -2.50. The van der Waals surface area contributed by atoms with Crippen molar-refractivity contribution in [3.05, 3.63) is 0 Å². The number of unbranched alkanes of at least 4 members (excludes halogenated alkanes) is 1. The minimum atomic E-state index is -3.73. The minimum absolute atomic E-state index is 0.0122. The summed E-state index contributed by atoms with van der Waals surface area (Å²) < 4.78 is 28.2. The van der Waals surface area contributed by atoms with E-state index in [0.29, 0.717) is 12.8 Å². The van der Waals surface area contributed by atoms with Crippen LogP contribution in [0.5, 0.6) is 0 Å². The van der Waals surface area contributed by atoms with Gasteiger partial charge in [-0.15, -0.1) is 0 Å². The summed E-state index contributed by atoms with van der Waals surface area (Å²) >= 11 is 0. The molecule has 0 saturated heterocycles. The fourth-order valence-corrected chi connectivity index (χ4v) is 3.89. The van der Waals surface area contributed by atoms with Gasteiger partial charge in [0.2, 0.25) is 0 Å². The van der Waals surface area contributed by atoms with Gasteiger partial charge in [0.25, 0.3) is 10.2 Å². The van der Waals surface area contributed by atoms with E-state index in [2.05, 4.69) is 4.72 Å². The molecule has 7 heteroatoms. The Balaban J connectivity index is 2.67. The van der Waals surface area contributed by atoms with Crippen molar-refractivity contribution in [2.45, 2.75) is 70.4 Å². The molecule has 2 N–H and O–H groups in total. The molecular weight excluding hydrogens is 280 g/mol. The number of carbonyl (C=O) groups is 1. The summed E-state index contributed by atoms with van der Waals surface area (Å²) in [5.74, 6) is -1.11. The van der Waals surface area contributed by atoms with Gasteiger partial charge in [0.1, 0.15) is 6.04 Å². The molecule has 0 heterocycles. The number of hydrogen-bond donors (Lipinski definition) is 2. The van der Waals surface area contributed by atoms with Crippen molar-refractivity contribution in [1.82, 2.24) is 9.03 Å². The van der Waals surface area contributed by atoms with Gasteiger partial charge in [-0.25, -0.2) is 0 Å². The first-order valence-corrected chi connectivity index (χ1v) is 8.80. The van der Waals surface area contributed by atoms with Crippen LogP contribution in [0.1, 0.15) is 58.3 Å². The van der Waals surface area contributed by atoms with Crippen molar-refractivity contribution in [2.24, 2.45) is 0 Å². The Morgan fingerprint density at radius 2 is 1.95 bits per heavy atom. The SMILES string of the molecule is CCCC[C@H](NS(=O)(=O)N(C)C1CCCCC1)C(=O)O. The molecule has 1 aliphatic rings. The molecule has 6 nitrogen and oxygen atoms in total. The molecule has 0 unspecified atom stereocenters. The molecule has 118 valence electrons. The van der Waals surface area contributed by atoms with Gasteiger partial charge in [-0.2, -0.15) is 17.4 Å². The van der Waals surface area contributed by atoms with E-state index in [1.165, 1.54) is 11.4 Å². The molecule has 1 aliphatic carbocycles. The van der Waals surface area contributed by atoms with Crippen LogP contribution in [0.15, 0.2) is 0 Å². The molecule has 0 radical (unpaired) electrons. The molecule has 0 bridgehead atoms. The molecule has 0 aromatic carbocycles. The number of aliphatic carboxylic acids is 1. The van der Waals surface area contributed by atoms with Crippen LogP contribution in [0.2, 0.25) is 0 Å². The highest BCUT2D eigenvalue weighted by atomic mass is 32.2. The summed E-state index contributed by atoms with van der Waals surface area (Å²) in [6.07, 6.45) is 6.76. The Labute approximate surface area is 121 Å². The molecule has 0 spiro atoms. The van der Waals surface area contributed by atoms with Crippen LogP contribution in [-0.2, 0) is 15.0 Å². The Hall–Kier alpha value is -0.660. The van der Waals surface area contributed by atoms with E-state index in [9.17, 15) is 13.2 Å². The Kier molecular flexibility index (Phi) is 6.91. The monoisotopic (exact) mass is 306 g/mol. The number of hydrogen-bond acceptors (Lipinski definition) is 3. The molecule has 1 atom stereocenters. The van der Waals surface area contributed by atoms with E-state index in [0.717, 1.165) is 38.5 Å². The van der Waals surface area contributed by atoms with Crippen LogP contribution in [0.25, 0.3) is 0 Å². The fraction of sp³-hybridized carbons (Fsp3) is 0.923. The number of carboxylic acid groups (broad SMARTS) is 1. The molecule has 1 rings (SSSR count). The van der Waals surface area contributed by atoms with Gasteiger partial charge < -0.3 is 5.11 Å². The molecule has 0 aromatic rings. The maximum Gasteiger partial charge on any atom is 0.321 e. The van der Waals surface area contributed by atoms with Crippen LogP contribution >= 0.6 is 0 Å². The summed E-state index contributed by atoms with van der Waals surface area (Å²) in [5, 5.41) is 9.11. The first-order chi connectivity index (χ1) is 9.38. The van der Waals surface area contributed by atoms with Gasteiger partial charge in [-0.3, -0.25) is 4.79 Å². The fourth-order valence-electron chi connectivity index (χ4n) is 2.54. The predicted molar refractivity (Wildman–Crippen MR) is 77.6 cm³/mol. The highest BCUT2D eigenvalue weighted by Crippen LogP contribution is 2.23. The molecule has 1 fully saturated rings. The first kappa shape index (κ1) is 17.4. The highest BCUT2D eigenvalue weighted by molar-refractivity contribution is 7.87. The topological polar surface area (TPSA) is 86.7 Å². The third kappa shape index (κ3) is 5.03. The lowest BCUT2D eigenvalue weighted by atomic mass is 9.96. The van der Waals surface area contributed by atoms with Gasteiger partial charge in [-0.05, 0) is 19.3 Å². The van der Waals surface area contributed by atoms with E-state index in [4.69, 9.17) is 5.11 Å². The minimum Gasteiger partial charge on any atom is -0.480 e. The van der Waals surface area contributed by atoms with Crippen molar-refractivity contribution in [2.75, 3.05) is 7.05 Å². The predicted octanol–water partition coefficient (Wildman–Crippen LogP) is 1.73.